The molecule has 3 rings (SSSR count). The molecule has 0 aliphatic carbocycles. The average molecular weight is 364 g/mol. The predicted molar refractivity (Wildman–Crippen MR) is 85.4 cm³/mol. The molecule has 26 heavy (non-hydrogen) atoms. The largest absolute Gasteiger partial charge is 0.463 e. The first-order chi connectivity index (χ1) is 13.5. The van der Waals surface area contributed by atoms with Crippen molar-refractivity contribution in [3.8, 4) is 6.07 Å². The molecule has 1 aliphatic rings. The van der Waals surface area contributed by atoms with E-state index in [1.165, 1.54) is 13.8 Å². The van der Waals surface area contributed by atoms with Crippen LogP contribution in [-0.4, -0.2) is 55.7 Å². The van der Waals surface area contributed by atoms with Gasteiger partial charge in [-0.1, -0.05) is 13.8 Å². The zero-order valence-corrected chi connectivity index (χ0v) is 13.9. The van der Waals surface area contributed by atoms with Crippen LogP contribution >= 0.6 is 0 Å². The minimum absolute atomic E-state index is 0.0138. The quantitative estimate of drug-likeness (QED) is 0.516. The Morgan fingerprint density at radius 2 is 2.46 bits per heavy atom. The number of ether oxygens (including phenoxy) is 2. The van der Waals surface area contributed by atoms with Crippen molar-refractivity contribution >= 4 is 11.5 Å². The SMILES string of the molecule is [2H]c1cc([C@]2(C#N)O[C@H](C([2H])([2H])OC(=O)C(C)C)[C@@H](O)[C@H]2O)n2[nH]cnc(=N)c12. The second-order valence-corrected chi connectivity index (χ2v) is 6.11. The summed E-state index contributed by atoms with van der Waals surface area (Å²) in [6.07, 6.45) is -4.64. The van der Waals surface area contributed by atoms with Gasteiger partial charge in [-0.3, -0.25) is 19.8 Å². The van der Waals surface area contributed by atoms with Crippen molar-refractivity contribution < 1.29 is 28.6 Å². The maximum atomic E-state index is 11.8. The molecule has 138 valence electrons. The maximum absolute atomic E-state index is 11.8. The van der Waals surface area contributed by atoms with Gasteiger partial charge >= 0.3 is 5.97 Å². The van der Waals surface area contributed by atoms with Crippen molar-refractivity contribution in [3.63, 3.8) is 0 Å². The van der Waals surface area contributed by atoms with Crippen LogP contribution in [0.5, 0.6) is 0 Å². The van der Waals surface area contributed by atoms with Crippen molar-refractivity contribution in [2.45, 2.75) is 37.8 Å². The lowest BCUT2D eigenvalue weighted by molar-refractivity contribution is -0.154. The van der Waals surface area contributed by atoms with E-state index < -0.39 is 42.4 Å². The summed E-state index contributed by atoms with van der Waals surface area (Å²) < 4.78 is 35.4. The first-order valence-corrected chi connectivity index (χ1v) is 7.75. The Morgan fingerprint density at radius 1 is 1.73 bits per heavy atom. The first kappa shape index (κ1) is 14.4. The monoisotopic (exact) mass is 364 g/mol. The van der Waals surface area contributed by atoms with Crippen LogP contribution in [0.3, 0.4) is 0 Å². The van der Waals surface area contributed by atoms with Crippen LogP contribution in [0.4, 0.5) is 0 Å². The van der Waals surface area contributed by atoms with E-state index in [4.69, 9.17) is 19.0 Å². The summed E-state index contributed by atoms with van der Waals surface area (Å²) in [5.41, 5.74) is -2.75. The molecule has 1 fully saturated rings. The number of carbonyl (C=O) groups is 1. The number of rotatable bonds is 4. The minimum atomic E-state index is -2.86. The Hall–Kier alpha value is -2.74. The summed E-state index contributed by atoms with van der Waals surface area (Å²) in [5.74, 6) is -1.55. The van der Waals surface area contributed by atoms with Crippen molar-refractivity contribution in [2.24, 2.45) is 5.92 Å². The molecule has 10 nitrogen and oxygen atoms in total. The smallest absolute Gasteiger partial charge is 0.308 e. The number of esters is 1. The van der Waals surface area contributed by atoms with Crippen molar-refractivity contribution in [1.82, 2.24) is 14.6 Å². The molecule has 0 saturated carbocycles. The van der Waals surface area contributed by atoms with Crippen molar-refractivity contribution in [3.05, 3.63) is 29.6 Å². The molecule has 10 heteroatoms. The highest BCUT2D eigenvalue weighted by Crippen LogP contribution is 2.39. The summed E-state index contributed by atoms with van der Waals surface area (Å²) in [5, 5.41) is 41.3. The van der Waals surface area contributed by atoms with Crippen LogP contribution < -0.4 is 5.49 Å². The average Bonchev–Trinajstić information content (AvgIpc) is 3.12. The van der Waals surface area contributed by atoms with Gasteiger partial charge in [0, 0.05) is 0 Å². The molecule has 0 amide bonds. The Balaban J connectivity index is 2.10. The summed E-state index contributed by atoms with van der Waals surface area (Å²) in [6, 6.07) is 2.67. The normalized spacial score (nSPS) is 30.6. The van der Waals surface area contributed by atoms with E-state index in [9.17, 15) is 20.3 Å². The number of H-pyrrole nitrogens is 1. The molecule has 2 aromatic heterocycles. The molecule has 1 saturated heterocycles. The number of fused-ring (bicyclic) bond motifs is 1. The van der Waals surface area contributed by atoms with Crippen LogP contribution in [0.25, 0.3) is 5.52 Å². The third-order valence-electron chi connectivity index (χ3n) is 4.07. The van der Waals surface area contributed by atoms with E-state index >= 15 is 0 Å². The number of nitrogens with one attached hydrogen (secondary N) is 2. The van der Waals surface area contributed by atoms with Gasteiger partial charge in [-0.15, -0.1) is 0 Å². The fraction of sp³-hybridized carbons (Fsp3) is 0.500. The molecule has 2 aromatic rings. The van der Waals surface area contributed by atoms with Crippen LogP contribution in [0.1, 0.15) is 23.7 Å². The maximum Gasteiger partial charge on any atom is 0.308 e. The van der Waals surface area contributed by atoms with Gasteiger partial charge in [-0.05, 0) is 12.1 Å². The molecule has 0 bridgehead atoms. The topological polar surface area (TPSA) is 157 Å². The van der Waals surface area contributed by atoms with Gasteiger partial charge < -0.3 is 19.7 Å². The van der Waals surface area contributed by atoms with Gasteiger partial charge in [-0.25, -0.2) is 4.98 Å². The Labute approximate surface area is 152 Å². The summed E-state index contributed by atoms with van der Waals surface area (Å²) in [7, 11) is 0. The van der Waals surface area contributed by atoms with E-state index in [1.807, 2.05) is 0 Å². The lowest BCUT2D eigenvalue weighted by Gasteiger charge is -2.24. The van der Waals surface area contributed by atoms with E-state index in [-0.39, 0.29) is 22.7 Å². The molecular formula is C16H19N5O5. The van der Waals surface area contributed by atoms with Gasteiger partial charge in [-0.2, -0.15) is 5.26 Å². The zero-order chi connectivity index (χ0) is 21.7. The van der Waals surface area contributed by atoms with Gasteiger partial charge in [0.25, 0.3) is 0 Å². The van der Waals surface area contributed by atoms with E-state index in [0.717, 1.165) is 16.9 Å². The van der Waals surface area contributed by atoms with Crippen molar-refractivity contribution in [2.75, 3.05) is 6.56 Å². The number of aromatic amines is 1. The number of aromatic nitrogens is 3. The summed E-state index contributed by atoms with van der Waals surface area (Å²) >= 11 is 0. The van der Waals surface area contributed by atoms with Gasteiger partial charge in [0.15, 0.2) is 5.49 Å². The number of nitrogens with zero attached hydrogens (tertiary/aromatic N) is 3. The van der Waals surface area contributed by atoms with Gasteiger partial charge in [0.05, 0.1) is 15.7 Å². The van der Waals surface area contributed by atoms with Crippen LogP contribution in [0, 0.1) is 22.7 Å². The number of aliphatic hydroxyl groups is 2. The highest BCUT2D eigenvalue weighted by atomic mass is 16.6. The fourth-order valence-corrected chi connectivity index (χ4v) is 2.62. The minimum Gasteiger partial charge on any atom is -0.463 e. The molecule has 0 spiro atoms. The number of carbonyl (C=O) groups excluding carboxylic acids is 1. The van der Waals surface area contributed by atoms with Crippen LogP contribution in [-0.2, 0) is 19.9 Å². The molecule has 3 heterocycles. The molecular weight excluding hydrogens is 342 g/mol. The third-order valence-corrected chi connectivity index (χ3v) is 4.07. The highest BCUT2D eigenvalue weighted by molar-refractivity contribution is 5.71. The fourth-order valence-electron chi connectivity index (χ4n) is 2.62. The summed E-state index contributed by atoms with van der Waals surface area (Å²) in [6.45, 7) is 0.121. The Bertz CT molecular complexity index is 1060. The van der Waals surface area contributed by atoms with E-state index in [1.54, 1.807) is 6.07 Å². The Morgan fingerprint density at radius 3 is 3.12 bits per heavy atom. The highest BCUT2D eigenvalue weighted by Gasteiger charge is 2.57. The second kappa shape index (κ2) is 6.53. The first-order valence-electron chi connectivity index (χ1n) is 9.25. The molecule has 0 radical (unpaired) electrons. The predicted octanol–water partition coefficient (Wildman–Crippen LogP) is -0.819. The Kier molecular flexibility index (Phi) is 3.62. The number of hydrogen-bond acceptors (Lipinski definition) is 8. The summed E-state index contributed by atoms with van der Waals surface area (Å²) in [4.78, 5) is 15.5. The van der Waals surface area contributed by atoms with E-state index in [0.29, 0.717) is 0 Å². The number of nitriles is 1. The van der Waals surface area contributed by atoms with Crippen molar-refractivity contribution in [1.29, 1.82) is 10.7 Å². The van der Waals surface area contributed by atoms with Crippen LogP contribution in [0.15, 0.2) is 18.4 Å². The van der Waals surface area contributed by atoms with Crippen LogP contribution in [0.2, 0.25) is 0 Å². The number of aliphatic hydroxyl groups excluding tert-OH is 2. The van der Waals surface area contributed by atoms with Gasteiger partial charge in [0.1, 0.15) is 42.8 Å². The third kappa shape index (κ3) is 2.66. The lowest BCUT2D eigenvalue weighted by Crippen LogP contribution is -2.41. The molecule has 0 unspecified atom stereocenters. The van der Waals surface area contributed by atoms with E-state index in [2.05, 4.69) is 10.1 Å². The lowest BCUT2D eigenvalue weighted by atomic mass is 9.92. The zero-order valence-electron chi connectivity index (χ0n) is 16.9. The second-order valence-electron chi connectivity index (χ2n) is 6.11. The molecule has 1 aliphatic heterocycles. The molecule has 4 atom stereocenters. The van der Waals surface area contributed by atoms with Gasteiger partial charge in [0.2, 0.25) is 5.60 Å². The molecule has 0 aromatic carbocycles. The molecule has 4 N–H and O–H groups in total. The number of hydrogen-bond donors (Lipinski definition) is 4. The standard InChI is InChI=1S/C16H19N5O5/c1-8(2)15(24)25-5-10-12(22)13(23)16(6-17,26-10)11-4-3-9-14(18)19-7-20-21(9)11/h3-4,7-8,10,12-13,22-23H,5H2,1-2H3,(H2,18,19,20)/t10-,12-,13-,16+/m1/s1/i3D,5D2.